The minimum atomic E-state index is -0.200. The number of hydrogen-bond donors (Lipinski definition) is 1. The highest BCUT2D eigenvalue weighted by atomic mass is 79.9. The highest BCUT2D eigenvalue weighted by molar-refractivity contribution is 9.10. The van der Waals surface area contributed by atoms with Crippen molar-refractivity contribution in [1.82, 2.24) is 5.32 Å². The topological polar surface area (TPSA) is 12.0 Å². The largest absolute Gasteiger partial charge is 0.310 e. The molecule has 0 aliphatic carbocycles. The van der Waals surface area contributed by atoms with Crippen LogP contribution in [0.5, 0.6) is 0 Å². The third-order valence-electron chi connectivity index (χ3n) is 3.48. The van der Waals surface area contributed by atoms with Crippen molar-refractivity contribution < 1.29 is 4.39 Å². The number of nitrogens with one attached hydrogen (secondary N) is 1. The maximum atomic E-state index is 13.5. The van der Waals surface area contributed by atoms with E-state index >= 15 is 0 Å². The maximum Gasteiger partial charge on any atom is 0.123 e. The summed E-state index contributed by atoms with van der Waals surface area (Å²) in [4.78, 5) is 0. The summed E-state index contributed by atoms with van der Waals surface area (Å²) >= 11 is 7.08. The van der Waals surface area contributed by atoms with Crippen LogP contribution in [0.15, 0.2) is 45.3 Å². The second kappa shape index (κ2) is 7.52. The van der Waals surface area contributed by atoms with Crippen LogP contribution in [-0.2, 0) is 6.42 Å². The van der Waals surface area contributed by atoms with Gasteiger partial charge in [-0.3, -0.25) is 0 Å². The fourth-order valence-corrected chi connectivity index (χ4v) is 3.10. The van der Waals surface area contributed by atoms with Gasteiger partial charge in [0, 0.05) is 15.0 Å². The Morgan fingerprint density at radius 1 is 1.10 bits per heavy atom. The van der Waals surface area contributed by atoms with E-state index in [0.717, 1.165) is 27.5 Å². The van der Waals surface area contributed by atoms with Crippen molar-refractivity contribution in [3.8, 4) is 0 Å². The van der Waals surface area contributed by atoms with Crippen LogP contribution in [-0.4, -0.2) is 6.54 Å². The lowest BCUT2D eigenvalue weighted by Gasteiger charge is -2.20. The molecular formula is C17H18Br2FN. The van der Waals surface area contributed by atoms with Gasteiger partial charge in [-0.25, -0.2) is 4.39 Å². The molecule has 0 amide bonds. The third kappa shape index (κ3) is 4.38. The molecule has 1 atom stereocenters. The van der Waals surface area contributed by atoms with Crippen molar-refractivity contribution in [2.24, 2.45) is 0 Å². The van der Waals surface area contributed by atoms with Crippen LogP contribution >= 0.6 is 31.9 Å². The summed E-state index contributed by atoms with van der Waals surface area (Å²) in [7, 11) is 0. The maximum absolute atomic E-state index is 13.5. The molecule has 2 aromatic rings. The van der Waals surface area contributed by atoms with Crippen LogP contribution in [0, 0.1) is 12.7 Å². The average Bonchev–Trinajstić information content (AvgIpc) is 2.45. The first-order chi connectivity index (χ1) is 10.0. The van der Waals surface area contributed by atoms with Crippen LogP contribution in [0.2, 0.25) is 0 Å². The summed E-state index contributed by atoms with van der Waals surface area (Å²) in [5, 5.41) is 3.48. The number of aryl methyl sites for hydroxylation is 1. The third-order valence-corrected chi connectivity index (χ3v) is 5.11. The van der Waals surface area contributed by atoms with Crippen molar-refractivity contribution in [2.45, 2.75) is 26.3 Å². The zero-order valence-corrected chi connectivity index (χ0v) is 15.3. The van der Waals surface area contributed by atoms with Gasteiger partial charge >= 0.3 is 0 Å². The molecule has 2 rings (SSSR count). The van der Waals surface area contributed by atoms with Gasteiger partial charge in [0.1, 0.15) is 5.82 Å². The van der Waals surface area contributed by atoms with Crippen LogP contribution in [0.1, 0.15) is 29.7 Å². The number of benzene rings is 2. The Kier molecular flexibility index (Phi) is 5.97. The molecule has 2 aromatic carbocycles. The predicted molar refractivity (Wildman–Crippen MR) is 93.1 cm³/mol. The van der Waals surface area contributed by atoms with E-state index in [-0.39, 0.29) is 11.9 Å². The molecule has 21 heavy (non-hydrogen) atoms. The summed E-state index contributed by atoms with van der Waals surface area (Å²) in [5.74, 6) is -0.200. The summed E-state index contributed by atoms with van der Waals surface area (Å²) < 4.78 is 15.5. The molecule has 1 unspecified atom stereocenters. The molecule has 0 heterocycles. The number of hydrogen-bond acceptors (Lipinski definition) is 1. The number of halogens is 3. The van der Waals surface area contributed by atoms with Crippen molar-refractivity contribution in [3.63, 3.8) is 0 Å². The van der Waals surface area contributed by atoms with Crippen molar-refractivity contribution in [1.29, 1.82) is 0 Å². The first-order valence-electron chi connectivity index (χ1n) is 6.94. The Hall–Kier alpha value is -0.710. The zero-order valence-electron chi connectivity index (χ0n) is 12.1. The fourth-order valence-electron chi connectivity index (χ4n) is 2.30. The van der Waals surface area contributed by atoms with Crippen molar-refractivity contribution >= 4 is 31.9 Å². The second-order valence-corrected chi connectivity index (χ2v) is 6.77. The van der Waals surface area contributed by atoms with Gasteiger partial charge < -0.3 is 5.32 Å². The van der Waals surface area contributed by atoms with Crippen molar-refractivity contribution in [3.05, 3.63) is 67.9 Å². The highest BCUT2D eigenvalue weighted by Gasteiger charge is 2.14. The quantitative estimate of drug-likeness (QED) is 0.675. The van der Waals surface area contributed by atoms with Crippen LogP contribution in [0.3, 0.4) is 0 Å². The molecular weight excluding hydrogens is 397 g/mol. The smallest absolute Gasteiger partial charge is 0.123 e. The first-order valence-corrected chi connectivity index (χ1v) is 8.53. The minimum Gasteiger partial charge on any atom is -0.310 e. The van der Waals surface area contributed by atoms with E-state index in [1.54, 1.807) is 12.1 Å². The molecule has 0 saturated carbocycles. The van der Waals surface area contributed by atoms with E-state index in [9.17, 15) is 4.39 Å². The number of rotatable bonds is 5. The van der Waals surface area contributed by atoms with Crippen LogP contribution in [0.25, 0.3) is 0 Å². The van der Waals surface area contributed by atoms with Crippen LogP contribution in [0.4, 0.5) is 4.39 Å². The molecule has 0 bridgehead atoms. The summed E-state index contributed by atoms with van der Waals surface area (Å²) in [6.45, 7) is 5.01. The molecule has 1 nitrogen and oxygen atoms in total. The van der Waals surface area contributed by atoms with E-state index in [4.69, 9.17) is 0 Å². The minimum absolute atomic E-state index is 0.157. The van der Waals surface area contributed by atoms with Gasteiger partial charge in [-0.15, -0.1) is 0 Å². The lowest BCUT2D eigenvalue weighted by molar-refractivity contribution is 0.545. The Morgan fingerprint density at radius 3 is 2.52 bits per heavy atom. The fraction of sp³-hybridized carbons (Fsp3) is 0.294. The standard InChI is InChI=1S/C17H18Br2FN/c1-3-21-17(12-5-4-11(2)16(19)9-12)10-13-8-14(20)6-7-15(13)18/h4-9,17,21H,3,10H2,1-2H3. The summed E-state index contributed by atoms with van der Waals surface area (Å²) in [6, 6.07) is 11.3. The van der Waals surface area contributed by atoms with E-state index in [2.05, 4.69) is 69.2 Å². The Balaban J connectivity index is 2.30. The van der Waals surface area contributed by atoms with E-state index in [1.165, 1.54) is 17.2 Å². The molecule has 0 aliphatic heterocycles. The molecule has 0 fully saturated rings. The van der Waals surface area contributed by atoms with E-state index < -0.39 is 0 Å². The molecule has 1 N–H and O–H groups in total. The Morgan fingerprint density at radius 2 is 1.86 bits per heavy atom. The van der Waals surface area contributed by atoms with Gasteiger partial charge in [0.25, 0.3) is 0 Å². The molecule has 4 heteroatoms. The highest BCUT2D eigenvalue weighted by Crippen LogP contribution is 2.27. The normalized spacial score (nSPS) is 12.4. The molecule has 0 spiro atoms. The van der Waals surface area contributed by atoms with Crippen LogP contribution < -0.4 is 5.32 Å². The van der Waals surface area contributed by atoms with Gasteiger partial charge in [0.2, 0.25) is 0 Å². The van der Waals surface area contributed by atoms with Gasteiger partial charge in [0.05, 0.1) is 0 Å². The summed E-state index contributed by atoms with van der Waals surface area (Å²) in [6.07, 6.45) is 0.738. The van der Waals surface area contributed by atoms with Gasteiger partial charge in [-0.05, 0) is 60.8 Å². The Bertz CT molecular complexity index is 628. The van der Waals surface area contributed by atoms with Gasteiger partial charge in [0.15, 0.2) is 0 Å². The Labute approximate surface area is 142 Å². The predicted octanol–water partition coefficient (Wildman–Crippen LogP) is 5.55. The van der Waals surface area contributed by atoms with Gasteiger partial charge in [-0.1, -0.05) is 50.9 Å². The average molecular weight is 415 g/mol. The lowest BCUT2D eigenvalue weighted by atomic mass is 9.98. The van der Waals surface area contributed by atoms with E-state index in [1.807, 2.05) is 0 Å². The first kappa shape index (κ1) is 16.7. The second-order valence-electron chi connectivity index (χ2n) is 5.06. The molecule has 0 saturated heterocycles. The molecule has 0 aromatic heterocycles. The van der Waals surface area contributed by atoms with E-state index in [0.29, 0.717) is 0 Å². The monoisotopic (exact) mass is 413 g/mol. The lowest BCUT2D eigenvalue weighted by Crippen LogP contribution is -2.23. The van der Waals surface area contributed by atoms with Gasteiger partial charge in [-0.2, -0.15) is 0 Å². The molecule has 0 aliphatic rings. The van der Waals surface area contributed by atoms with Crippen molar-refractivity contribution in [2.75, 3.05) is 6.54 Å². The zero-order chi connectivity index (χ0) is 15.4. The molecule has 0 radical (unpaired) electrons. The summed E-state index contributed by atoms with van der Waals surface area (Å²) in [5.41, 5.74) is 3.38. The number of likely N-dealkylation sites (N-methyl/N-ethyl adjacent to an activating group) is 1. The SMILES string of the molecule is CCNC(Cc1cc(F)ccc1Br)c1ccc(C)c(Br)c1. The molecule has 112 valence electrons.